The van der Waals surface area contributed by atoms with Crippen molar-refractivity contribution < 1.29 is 19.1 Å². The number of imide groups is 1. The Morgan fingerprint density at radius 1 is 1.05 bits per heavy atom. The number of methoxy groups -OCH3 is 2. The zero-order valence-corrected chi connectivity index (χ0v) is 12.1. The summed E-state index contributed by atoms with van der Waals surface area (Å²) in [5.41, 5.74) is 0.776. The number of hydrogen-bond donors (Lipinski definition) is 0. The molecule has 22 heavy (non-hydrogen) atoms. The van der Waals surface area contributed by atoms with Gasteiger partial charge < -0.3 is 9.47 Å². The summed E-state index contributed by atoms with van der Waals surface area (Å²) in [6.07, 6.45) is 4.10. The molecule has 0 radical (unpaired) electrons. The molecular formula is C16H14N2O4. The van der Waals surface area contributed by atoms with Crippen LogP contribution in [-0.4, -0.2) is 43.0 Å². The molecule has 0 N–H and O–H groups in total. The van der Waals surface area contributed by atoms with E-state index in [0.29, 0.717) is 16.9 Å². The van der Waals surface area contributed by atoms with Gasteiger partial charge >= 0.3 is 0 Å². The first-order valence-corrected chi connectivity index (χ1v) is 6.68. The van der Waals surface area contributed by atoms with E-state index in [0.717, 1.165) is 4.90 Å². The zero-order chi connectivity index (χ0) is 15.7. The molecule has 6 nitrogen and oxygen atoms in total. The summed E-state index contributed by atoms with van der Waals surface area (Å²) in [6.45, 7) is 0. The topological polar surface area (TPSA) is 68.2 Å². The molecule has 3 rings (SSSR count). The van der Waals surface area contributed by atoms with Crippen LogP contribution in [0.4, 0.5) is 0 Å². The molecule has 0 fully saturated rings. The number of fused-ring (bicyclic) bond motifs is 1. The van der Waals surface area contributed by atoms with Gasteiger partial charge in [-0.2, -0.15) is 0 Å². The summed E-state index contributed by atoms with van der Waals surface area (Å²) in [5, 5.41) is 0. The number of hydrogen-bond acceptors (Lipinski definition) is 5. The SMILES string of the molecule is COC1=CC(OC)=NC(N2C(=O)c3ccccc3C2=O)C=C1. The van der Waals surface area contributed by atoms with E-state index in [1.807, 2.05) is 0 Å². The van der Waals surface area contributed by atoms with Crippen molar-refractivity contribution in [3.05, 3.63) is 59.4 Å². The summed E-state index contributed by atoms with van der Waals surface area (Å²) >= 11 is 0. The van der Waals surface area contributed by atoms with E-state index in [1.54, 1.807) is 42.5 Å². The standard InChI is InChI=1S/C16H14N2O4/c1-21-10-7-8-13(17-14(9-10)22-2)18-15(19)11-5-3-4-6-12(11)16(18)20/h3-9,13H,1-2H3. The van der Waals surface area contributed by atoms with Crippen molar-refractivity contribution in [2.75, 3.05) is 14.2 Å². The maximum absolute atomic E-state index is 12.5. The molecule has 0 spiro atoms. The fourth-order valence-corrected chi connectivity index (χ4v) is 2.39. The summed E-state index contributed by atoms with van der Waals surface area (Å²) in [4.78, 5) is 30.4. The molecular weight excluding hydrogens is 284 g/mol. The van der Waals surface area contributed by atoms with Gasteiger partial charge in [0, 0.05) is 6.08 Å². The van der Waals surface area contributed by atoms with E-state index in [9.17, 15) is 9.59 Å². The first-order valence-electron chi connectivity index (χ1n) is 6.68. The lowest BCUT2D eigenvalue weighted by Gasteiger charge is -2.19. The van der Waals surface area contributed by atoms with Crippen molar-refractivity contribution in [2.24, 2.45) is 4.99 Å². The van der Waals surface area contributed by atoms with Gasteiger partial charge in [-0.3, -0.25) is 9.59 Å². The number of carbonyl (C=O) groups is 2. The van der Waals surface area contributed by atoms with E-state index in [-0.39, 0.29) is 17.7 Å². The molecule has 0 aromatic heterocycles. The molecule has 1 atom stereocenters. The normalized spacial score (nSPS) is 20.3. The van der Waals surface area contributed by atoms with Crippen molar-refractivity contribution in [3.63, 3.8) is 0 Å². The second-order valence-corrected chi connectivity index (χ2v) is 4.72. The van der Waals surface area contributed by atoms with E-state index < -0.39 is 6.17 Å². The van der Waals surface area contributed by atoms with Crippen LogP contribution in [0, 0.1) is 0 Å². The number of amides is 2. The van der Waals surface area contributed by atoms with Gasteiger partial charge in [-0.1, -0.05) is 12.1 Å². The van der Waals surface area contributed by atoms with Crippen LogP contribution < -0.4 is 0 Å². The number of benzene rings is 1. The summed E-state index contributed by atoms with van der Waals surface area (Å²) in [7, 11) is 2.99. The first kappa shape index (κ1) is 14.1. The monoisotopic (exact) mass is 298 g/mol. The fraction of sp³-hybridized carbons (Fsp3) is 0.188. The third-order valence-corrected chi connectivity index (χ3v) is 3.49. The maximum Gasteiger partial charge on any atom is 0.263 e. The molecule has 1 aromatic carbocycles. The molecule has 0 aliphatic carbocycles. The van der Waals surface area contributed by atoms with Crippen LogP contribution >= 0.6 is 0 Å². The number of rotatable bonds is 2. The third kappa shape index (κ3) is 2.18. The summed E-state index contributed by atoms with van der Waals surface area (Å²) in [5.74, 6) is 0.0776. The Morgan fingerprint density at radius 2 is 1.68 bits per heavy atom. The van der Waals surface area contributed by atoms with Gasteiger partial charge in [-0.05, 0) is 24.3 Å². The van der Waals surface area contributed by atoms with Crippen LogP contribution in [0.2, 0.25) is 0 Å². The third-order valence-electron chi connectivity index (χ3n) is 3.49. The minimum Gasteiger partial charge on any atom is -0.497 e. The largest absolute Gasteiger partial charge is 0.497 e. The van der Waals surface area contributed by atoms with Crippen LogP contribution in [0.5, 0.6) is 0 Å². The van der Waals surface area contributed by atoms with Crippen LogP contribution in [0.3, 0.4) is 0 Å². The van der Waals surface area contributed by atoms with Crippen LogP contribution in [0.1, 0.15) is 20.7 Å². The van der Waals surface area contributed by atoms with Gasteiger partial charge in [-0.25, -0.2) is 9.89 Å². The zero-order valence-electron chi connectivity index (χ0n) is 12.1. The van der Waals surface area contributed by atoms with Gasteiger partial charge in [0.25, 0.3) is 11.8 Å². The molecule has 0 saturated heterocycles. The number of carbonyl (C=O) groups excluding carboxylic acids is 2. The Morgan fingerprint density at radius 3 is 2.23 bits per heavy atom. The average Bonchev–Trinajstić information content (AvgIpc) is 2.70. The number of allylic oxidation sites excluding steroid dienone is 1. The van der Waals surface area contributed by atoms with Crippen LogP contribution in [-0.2, 0) is 9.47 Å². The minimum atomic E-state index is -0.772. The Hall–Kier alpha value is -2.89. The van der Waals surface area contributed by atoms with Crippen molar-refractivity contribution in [1.29, 1.82) is 0 Å². The Kier molecular flexibility index (Phi) is 3.50. The van der Waals surface area contributed by atoms with Gasteiger partial charge in [-0.15, -0.1) is 0 Å². The molecule has 2 aliphatic rings. The Labute approximate surface area is 127 Å². The van der Waals surface area contributed by atoms with Crippen molar-refractivity contribution in [2.45, 2.75) is 6.17 Å². The van der Waals surface area contributed by atoms with E-state index in [4.69, 9.17) is 9.47 Å². The molecule has 6 heteroatoms. The second-order valence-electron chi connectivity index (χ2n) is 4.72. The highest BCUT2D eigenvalue weighted by molar-refractivity contribution is 6.21. The molecule has 0 bridgehead atoms. The van der Waals surface area contributed by atoms with Crippen molar-refractivity contribution in [1.82, 2.24) is 4.90 Å². The van der Waals surface area contributed by atoms with Gasteiger partial charge in [0.2, 0.25) is 5.90 Å². The lowest BCUT2D eigenvalue weighted by molar-refractivity contribution is 0.0619. The molecule has 112 valence electrons. The molecule has 0 saturated carbocycles. The van der Waals surface area contributed by atoms with E-state index in [2.05, 4.69) is 4.99 Å². The number of nitrogens with zero attached hydrogens (tertiary/aromatic N) is 2. The smallest absolute Gasteiger partial charge is 0.263 e. The van der Waals surface area contributed by atoms with E-state index in [1.165, 1.54) is 14.2 Å². The Bertz CT molecular complexity index is 698. The van der Waals surface area contributed by atoms with E-state index >= 15 is 0 Å². The lowest BCUT2D eigenvalue weighted by Crippen LogP contribution is -2.38. The second kappa shape index (κ2) is 5.48. The summed E-state index contributed by atoms with van der Waals surface area (Å²) in [6, 6.07) is 6.72. The number of aliphatic imine (C=N–C) groups is 1. The fourth-order valence-electron chi connectivity index (χ4n) is 2.39. The highest BCUT2D eigenvalue weighted by Gasteiger charge is 2.39. The quantitative estimate of drug-likeness (QED) is 0.780. The predicted molar refractivity (Wildman–Crippen MR) is 79.4 cm³/mol. The maximum atomic E-state index is 12.5. The van der Waals surface area contributed by atoms with Crippen LogP contribution in [0.25, 0.3) is 0 Å². The van der Waals surface area contributed by atoms with Crippen LogP contribution in [0.15, 0.2) is 53.2 Å². The van der Waals surface area contributed by atoms with Gasteiger partial charge in [0.05, 0.1) is 25.3 Å². The van der Waals surface area contributed by atoms with Crippen molar-refractivity contribution in [3.8, 4) is 0 Å². The molecule has 1 aromatic rings. The average molecular weight is 298 g/mol. The lowest BCUT2D eigenvalue weighted by atomic mass is 10.1. The molecule has 2 aliphatic heterocycles. The molecule has 2 heterocycles. The van der Waals surface area contributed by atoms with Gasteiger partial charge in [0.15, 0.2) is 6.17 Å². The highest BCUT2D eigenvalue weighted by Crippen LogP contribution is 2.26. The highest BCUT2D eigenvalue weighted by atomic mass is 16.5. The first-order chi connectivity index (χ1) is 10.7. The Balaban J connectivity index is 1.99. The number of ether oxygens (including phenoxy) is 2. The summed E-state index contributed by atoms with van der Waals surface area (Å²) < 4.78 is 10.3. The minimum absolute atomic E-state index is 0.281. The molecule has 2 amide bonds. The van der Waals surface area contributed by atoms with Crippen molar-refractivity contribution >= 4 is 17.7 Å². The molecule has 1 unspecified atom stereocenters. The predicted octanol–water partition coefficient (Wildman–Crippen LogP) is 1.75. The van der Waals surface area contributed by atoms with Gasteiger partial charge in [0.1, 0.15) is 5.76 Å².